The number of benzene rings is 2. The number of piperidine rings is 1. The van der Waals surface area contributed by atoms with Crippen LogP contribution in [-0.2, 0) is 24.4 Å². The number of hydrogen-bond acceptors (Lipinski definition) is 3. The van der Waals surface area contributed by atoms with Gasteiger partial charge in [-0.1, -0.05) is 42.8 Å². The summed E-state index contributed by atoms with van der Waals surface area (Å²) >= 11 is 0. The fraction of sp³-hybridized carbons (Fsp3) is 0.435. The van der Waals surface area contributed by atoms with Gasteiger partial charge in [-0.15, -0.1) is 0 Å². The normalized spacial score (nSPS) is 17.6. The molecule has 3 rings (SSSR count). The van der Waals surface area contributed by atoms with Gasteiger partial charge in [-0.3, -0.25) is 9.69 Å². The minimum atomic E-state index is -0.0508. The zero-order valence-electron chi connectivity index (χ0n) is 16.4. The average molecular weight is 367 g/mol. The highest BCUT2D eigenvalue weighted by molar-refractivity contribution is 5.94. The van der Waals surface area contributed by atoms with E-state index >= 15 is 0 Å². The summed E-state index contributed by atoms with van der Waals surface area (Å²) in [4.78, 5) is 14.9. The van der Waals surface area contributed by atoms with Gasteiger partial charge >= 0.3 is 0 Å². The molecule has 0 saturated carbocycles. The molecule has 0 aliphatic carbocycles. The number of hydrogen-bond donors (Lipinski definition) is 1. The lowest BCUT2D eigenvalue weighted by Crippen LogP contribution is -2.36. The Labute approximate surface area is 162 Å². The fourth-order valence-electron chi connectivity index (χ4n) is 3.59. The van der Waals surface area contributed by atoms with Crippen molar-refractivity contribution in [1.29, 1.82) is 0 Å². The zero-order chi connectivity index (χ0) is 19.1. The molecule has 0 aromatic heterocycles. The van der Waals surface area contributed by atoms with Crippen LogP contribution in [0.4, 0.5) is 0 Å². The Kier molecular flexibility index (Phi) is 7.02. The molecular weight excluding hydrogens is 336 g/mol. The van der Waals surface area contributed by atoms with Crippen LogP contribution in [0.15, 0.2) is 48.5 Å². The SMILES string of the molecule is COCc1ccc(C(=O)NCc2ccc(CN3CCCCC3C)cc2)cc1. The first-order chi connectivity index (χ1) is 13.2. The first kappa shape index (κ1) is 19.6. The smallest absolute Gasteiger partial charge is 0.251 e. The fourth-order valence-corrected chi connectivity index (χ4v) is 3.59. The Morgan fingerprint density at radius 1 is 1.04 bits per heavy atom. The minimum Gasteiger partial charge on any atom is -0.380 e. The van der Waals surface area contributed by atoms with Gasteiger partial charge in [-0.25, -0.2) is 0 Å². The molecule has 144 valence electrons. The molecule has 4 nitrogen and oxygen atoms in total. The van der Waals surface area contributed by atoms with E-state index in [0.29, 0.717) is 24.8 Å². The maximum Gasteiger partial charge on any atom is 0.251 e. The number of methoxy groups -OCH3 is 1. The van der Waals surface area contributed by atoms with Crippen LogP contribution in [0.2, 0.25) is 0 Å². The first-order valence-corrected chi connectivity index (χ1v) is 9.83. The number of amides is 1. The molecule has 2 aromatic carbocycles. The van der Waals surface area contributed by atoms with Crippen molar-refractivity contribution >= 4 is 5.91 Å². The van der Waals surface area contributed by atoms with E-state index in [1.54, 1.807) is 7.11 Å². The summed E-state index contributed by atoms with van der Waals surface area (Å²) in [7, 11) is 1.67. The van der Waals surface area contributed by atoms with Gasteiger partial charge in [0, 0.05) is 31.8 Å². The lowest BCUT2D eigenvalue weighted by molar-refractivity contribution is 0.0951. The van der Waals surface area contributed by atoms with E-state index in [4.69, 9.17) is 4.74 Å². The van der Waals surface area contributed by atoms with Crippen LogP contribution >= 0.6 is 0 Å². The standard InChI is InChI=1S/C23H30N2O2/c1-18-5-3-4-14-25(18)16-20-8-6-19(7-9-20)15-24-23(26)22-12-10-21(11-13-22)17-27-2/h6-13,18H,3-5,14-17H2,1-2H3,(H,24,26). The largest absolute Gasteiger partial charge is 0.380 e. The molecule has 1 heterocycles. The van der Waals surface area contributed by atoms with Gasteiger partial charge in [0.2, 0.25) is 0 Å². The van der Waals surface area contributed by atoms with Gasteiger partial charge in [0.05, 0.1) is 6.61 Å². The highest BCUT2D eigenvalue weighted by Gasteiger charge is 2.17. The van der Waals surface area contributed by atoms with E-state index < -0.39 is 0 Å². The van der Waals surface area contributed by atoms with E-state index in [1.807, 2.05) is 24.3 Å². The first-order valence-electron chi connectivity index (χ1n) is 9.83. The molecule has 1 unspecified atom stereocenters. The summed E-state index contributed by atoms with van der Waals surface area (Å²) in [5.41, 5.74) is 4.19. The van der Waals surface area contributed by atoms with Crippen molar-refractivity contribution < 1.29 is 9.53 Å². The second-order valence-corrected chi connectivity index (χ2v) is 7.44. The minimum absolute atomic E-state index is 0.0508. The molecule has 1 atom stereocenters. The topological polar surface area (TPSA) is 41.6 Å². The maximum atomic E-state index is 12.3. The van der Waals surface area contributed by atoms with E-state index in [1.165, 1.54) is 31.4 Å². The molecule has 2 aromatic rings. The highest BCUT2D eigenvalue weighted by atomic mass is 16.5. The second kappa shape index (κ2) is 9.67. The Morgan fingerprint density at radius 3 is 2.37 bits per heavy atom. The third-order valence-electron chi connectivity index (χ3n) is 5.33. The summed E-state index contributed by atoms with van der Waals surface area (Å²) in [5.74, 6) is -0.0508. The monoisotopic (exact) mass is 366 g/mol. The predicted molar refractivity (Wildman–Crippen MR) is 108 cm³/mol. The predicted octanol–water partition coefficient (Wildman–Crippen LogP) is 4.14. The molecule has 0 spiro atoms. The molecule has 0 radical (unpaired) electrons. The van der Waals surface area contributed by atoms with Gasteiger partial charge < -0.3 is 10.1 Å². The molecule has 1 aliphatic rings. The van der Waals surface area contributed by atoms with Gasteiger partial charge in [0.1, 0.15) is 0 Å². The van der Waals surface area contributed by atoms with Gasteiger partial charge in [0.15, 0.2) is 0 Å². The van der Waals surface area contributed by atoms with Crippen LogP contribution in [0.25, 0.3) is 0 Å². The van der Waals surface area contributed by atoms with E-state index in [9.17, 15) is 4.79 Å². The summed E-state index contributed by atoms with van der Waals surface area (Å²) in [5, 5.41) is 2.99. The number of rotatable bonds is 7. The molecule has 4 heteroatoms. The molecule has 1 saturated heterocycles. The number of nitrogens with zero attached hydrogens (tertiary/aromatic N) is 1. The van der Waals surface area contributed by atoms with Crippen LogP contribution in [0.1, 0.15) is 53.2 Å². The summed E-state index contributed by atoms with van der Waals surface area (Å²) in [6.45, 7) is 5.64. The Hall–Kier alpha value is -2.17. The zero-order valence-corrected chi connectivity index (χ0v) is 16.4. The second-order valence-electron chi connectivity index (χ2n) is 7.44. The quantitative estimate of drug-likeness (QED) is 0.801. The molecule has 1 amide bonds. The molecule has 1 fully saturated rings. The van der Waals surface area contributed by atoms with Crippen molar-refractivity contribution in [3.63, 3.8) is 0 Å². The number of carbonyl (C=O) groups is 1. The van der Waals surface area contributed by atoms with Crippen molar-refractivity contribution in [2.24, 2.45) is 0 Å². The number of likely N-dealkylation sites (tertiary alicyclic amines) is 1. The molecule has 1 N–H and O–H groups in total. The summed E-state index contributed by atoms with van der Waals surface area (Å²) in [6, 6.07) is 16.8. The molecule has 1 aliphatic heterocycles. The van der Waals surface area contributed by atoms with Gasteiger partial charge in [-0.05, 0) is 55.1 Å². The van der Waals surface area contributed by atoms with Crippen LogP contribution in [0, 0.1) is 0 Å². The van der Waals surface area contributed by atoms with Gasteiger partial charge in [-0.2, -0.15) is 0 Å². The third kappa shape index (κ3) is 5.65. The number of ether oxygens (including phenoxy) is 1. The van der Waals surface area contributed by atoms with Crippen LogP contribution in [0.5, 0.6) is 0 Å². The number of nitrogens with one attached hydrogen (secondary N) is 1. The summed E-state index contributed by atoms with van der Waals surface area (Å²) in [6.07, 6.45) is 3.96. The van der Waals surface area contributed by atoms with E-state index in [2.05, 4.69) is 41.4 Å². The Bertz CT molecular complexity index is 725. The lowest BCUT2D eigenvalue weighted by atomic mass is 10.0. The molecule has 27 heavy (non-hydrogen) atoms. The summed E-state index contributed by atoms with van der Waals surface area (Å²) < 4.78 is 5.09. The lowest BCUT2D eigenvalue weighted by Gasteiger charge is -2.33. The van der Waals surface area contributed by atoms with Crippen molar-refractivity contribution in [2.45, 2.75) is 51.9 Å². The van der Waals surface area contributed by atoms with E-state index in [0.717, 1.165) is 17.7 Å². The van der Waals surface area contributed by atoms with Gasteiger partial charge in [0.25, 0.3) is 5.91 Å². The van der Waals surface area contributed by atoms with E-state index in [-0.39, 0.29) is 5.91 Å². The van der Waals surface area contributed by atoms with Crippen molar-refractivity contribution in [3.05, 3.63) is 70.8 Å². The van der Waals surface area contributed by atoms with Crippen LogP contribution in [0.3, 0.4) is 0 Å². The number of carbonyl (C=O) groups excluding carboxylic acids is 1. The van der Waals surface area contributed by atoms with Crippen LogP contribution < -0.4 is 5.32 Å². The van der Waals surface area contributed by atoms with Crippen LogP contribution in [-0.4, -0.2) is 30.5 Å². The van der Waals surface area contributed by atoms with Crippen molar-refractivity contribution in [3.8, 4) is 0 Å². The average Bonchev–Trinajstić information content (AvgIpc) is 2.70. The third-order valence-corrected chi connectivity index (χ3v) is 5.33. The van der Waals surface area contributed by atoms with Crippen molar-refractivity contribution in [2.75, 3.05) is 13.7 Å². The maximum absolute atomic E-state index is 12.3. The molecular formula is C23H30N2O2. The molecule has 0 bridgehead atoms. The Balaban J connectivity index is 1.50. The Morgan fingerprint density at radius 2 is 1.70 bits per heavy atom. The van der Waals surface area contributed by atoms with Crippen molar-refractivity contribution in [1.82, 2.24) is 10.2 Å². The highest BCUT2D eigenvalue weighted by Crippen LogP contribution is 2.19.